The highest BCUT2D eigenvalue weighted by Crippen LogP contribution is 2.38. The molecule has 2 rings (SSSR count). The van der Waals surface area contributed by atoms with Crippen molar-refractivity contribution in [1.29, 1.82) is 0 Å². The molecule has 1 saturated carbocycles. The van der Waals surface area contributed by atoms with Crippen molar-refractivity contribution in [1.82, 2.24) is 0 Å². The van der Waals surface area contributed by atoms with Crippen molar-refractivity contribution in [2.24, 2.45) is 11.8 Å². The van der Waals surface area contributed by atoms with E-state index in [0.717, 1.165) is 16.7 Å². The molecular formula is C14H20Br2S. The Kier molecular flexibility index (Phi) is 5.56. The fourth-order valence-corrected chi connectivity index (χ4v) is 5.17. The van der Waals surface area contributed by atoms with Crippen LogP contribution in [0.5, 0.6) is 0 Å². The standard InChI is InChI=1S/C14H20Br2S/c1-2-3-10-4-6-13(15)11(8-10)9-12-5-7-14(16)17-12/h5,7,10-11,13H,2-4,6,8-9H2,1H3. The third kappa shape index (κ3) is 4.07. The molecule has 1 fully saturated rings. The van der Waals surface area contributed by atoms with Crippen LogP contribution < -0.4 is 0 Å². The lowest BCUT2D eigenvalue weighted by Gasteiger charge is -2.33. The van der Waals surface area contributed by atoms with Gasteiger partial charge in [0.05, 0.1) is 3.79 Å². The number of hydrogen-bond acceptors (Lipinski definition) is 1. The molecule has 1 aromatic rings. The highest BCUT2D eigenvalue weighted by Gasteiger charge is 2.28. The summed E-state index contributed by atoms with van der Waals surface area (Å²) >= 11 is 9.34. The van der Waals surface area contributed by atoms with Gasteiger partial charge in [0.25, 0.3) is 0 Å². The van der Waals surface area contributed by atoms with Crippen LogP contribution in [-0.2, 0) is 6.42 Å². The summed E-state index contributed by atoms with van der Waals surface area (Å²) in [6.07, 6.45) is 8.22. The molecule has 0 bridgehead atoms. The van der Waals surface area contributed by atoms with E-state index in [1.807, 2.05) is 11.3 Å². The summed E-state index contributed by atoms with van der Waals surface area (Å²) in [5.41, 5.74) is 0. The zero-order valence-corrected chi connectivity index (χ0v) is 14.3. The lowest BCUT2D eigenvalue weighted by atomic mass is 9.78. The van der Waals surface area contributed by atoms with Crippen LogP contribution in [0.15, 0.2) is 15.9 Å². The zero-order chi connectivity index (χ0) is 12.3. The van der Waals surface area contributed by atoms with E-state index < -0.39 is 0 Å². The van der Waals surface area contributed by atoms with Crippen LogP contribution >= 0.6 is 43.2 Å². The van der Waals surface area contributed by atoms with Crippen molar-refractivity contribution in [2.45, 2.75) is 50.3 Å². The second-order valence-electron chi connectivity index (χ2n) is 5.15. The van der Waals surface area contributed by atoms with Gasteiger partial charge in [-0.15, -0.1) is 11.3 Å². The average Bonchev–Trinajstić information content (AvgIpc) is 2.69. The fourth-order valence-electron chi connectivity index (χ4n) is 2.93. The number of thiophene rings is 1. The Labute approximate surface area is 125 Å². The second kappa shape index (κ2) is 6.72. The maximum Gasteiger partial charge on any atom is 0.0701 e. The minimum absolute atomic E-state index is 0.733. The maximum atomic E-state index is 3.89. The predicted molar refractivity (Wildman–Crippen MR) is 84.2 cm³/mol. The van der Waals surface area contributed by atoms with Crippen LogP contribution in [0.4, 0.5) is 0 Å². The van der Waals surface area contributed by atoms with E-state index in [4.69, 9.17) is 0 Å². The summed E-state index contributed by atoms with van der Waals surface area (Å²) in [4.78, 5) is 2.26. The lowest BCUT2D eigenvalue weighted by Crippen LogP contribution is -2.26. The van der Waals surface area contributed by atoms with Gasteiger partial charge in [-0.25, -0.2) is 0 Å². The first-order chi connectivity index (χ1) is 8.19. The molecule has 0 amide bonds. The van der Waals surface area contributed by atoms with Gasteiger partial charge >= 0.3 is 0 Å². The van der Waals surface area contributed by atoms with Crippen LogP contribution in [0.25, 0.3) is 0 Å². The average molecular weight is 380 g/mol. The summed E-state index contributed by atoms with van der Waals surface area (Å²) < 4.78 is 1.26. The molecule has 96 valence electrons. The molecule has 0 radical (unpaired) electrons. The first kappa shape index (κ1) is 14.1. The van der Waals surface area contributed by atoms with Crippen LogP contribution in [0.1, 0.15) is 43.9 Å². The summed E-state index contributed by atoms with van der Waals surface area (Å²) in [7, 11) is 0. The molecule has 1 aliphatic rings. The topological polar surface area (TPSA) is 0 Å². The Hall–Kier alpha value is 0.660. The van der Waals surface area contributed by atoms with E-state index in [1.54, 1.807) is 0 Å². The number of halogens is 2. The summed E-state index contributed by atoms with van der Waals surface area (Å²) in [6.45, 7) is 2.31. The van der Waals surface area contributed by atoms with Gasteiger partial charge in [0.1, 0.15) is 0 Å². The quantitative estimate of drug-likeness (QED) is 0.560. The Morgan fingerprint density at radius 3 is 2.82 bits per heavy atom. The second-order valence-corrected chi connectivity index (χ2v) is 8.88. The molecule has 1 aromatic heterocycles. The van der Waals surface area contributed by atoms with Crippen LogP contribution in [0, 0.1) is 11.8 Å². The molecule has 3 unspecified atom stereocenters. The molecule has 0 saturated heterocycles. The summed E-state index contributed by atoms with van der Waals surface area (Å²) in [5, 5.41) is 0. The molecule has 0 aromatic carbocycles. The van der Waals surface area contributed by atoms with Crippen molar-refractivity contribution < 1.29 is 0 Å². The smallest absolute Gasteiger partial charge is 0.0701 e. The van der Waals surface area contributed by atoms with Gasteiger partial charge in [0, 0.05) is 9.70 Å². The van der Waals surface area contributed by atoms with Gasteiger partial charge in [0.15, 0.2) is 0 Å². The lowest BCUT2D eigenvalue weighted by molar-refractivity contribution is 0.264. The third-order valence-electron chi connectivity index (χ3n) is 3.79. The van der Waals surface area contributed by atoms with Crippen molar-refractivity contribution in [3.63, 3.8) is 0 Å². The fraction of sp³-hybridized carbons (Fsp3) is 0.714. The van der Waals surface area contributed by atoms with E-state index >= 15 is 0 Å². The molecular weight excluding hydrogens is 360 g/mol. The minimum atomic E-state index is 0.733. The predicted octanol–water partition coefficient (Wildman–Crippen LogP) is 6.03. The van der Waals surface area contributed by atoms with Gasteiger partial charge < -0.3 is 0 Å². The minimum Gasteiger partial charge on any atom is -0.133 e. The van der Waals surface area contributed by atoms with Crippen LogP contribution in [0.3, 0.4) is 0 Å². The van der Waals surface area contributed by atoms with Crippen molar-refractivity contribution in [2.75, 3.05) is 0 Å². The third-order valence-corrected chi connectivity index (χ3v) is 6.64. The summed E-state index contributed by atoms with van der Waals surface area (Å²) in [5.74, 6) is 1.81. The molecule has 0 aliphatic heterocycles. The first-order valence-electron chi connectivity index (χ1n) is 6.57. The maximum absolute atomic E-state index is 3.89. The molecule has 1 aliphatic carbocycles. The SMILES string of the molecule is CCCC1CCC(Br)C(Cc2ccc(Br)s2)C1. The molecule has 3 atom stereocenters. The van der Waals surface area contributed by atoms with Gasteiger partial charge in [0.2, 0.25) is 0 Å². The van der Waals surface area contributed by atoms with E-state index in [9.17, 15) is 0 Å². The van der Waals surface area contributed by atoms with Gasteiger partial charge in [-0.2, -0.15) is 0 Å². The van der Waals surface area contributed by atoms with Gasteiger partial charge in [-0.05, 0) is 65.6 Å². The Bertz CT molecular complexity index is 348. The van der Waals surface area contributed by atoms with E-state index in [0.29, 0.717) is 0 Å². The highest BCUT2D eigenvalue weighted by atomic mass is 79.9. The molecule has 1 heterocycles. The molecule has 0 nitrogen and oxygen atoms in total. The number of hydrogen-bond donors (Lipinski definition) is 0. The van der Waals surface area contributed by atoms with Crippen molar-refractivity contribution in [3.8, 4) is 0 Å². The Morgan fingerprint density at radius 1 is 1.35 bits per heavy atom. The summed E-state index contributed by atoms with van der Waals surface area (Å²) in [6, 6.07) is 4.45. The Balaban J connectivity index is 1.93. The van der Waals surface area contributed by atoms with E-state index in [1.165, 1.54) is 47.2 Å². The van der Waals surface area contributed by atoms with Crippen LogP contribution in [-0.4, -0.2) is 4.83 Å². The largest absolute Gasteiger partial charge is 0.133 e. The highest BCUT2D eigenvalue weighted by molar-refractivity contribution is 9.11. The van der Waals surface area contributed by atoms with Crippen molar-refractivity contribution >= 4 is 43.2 Å². The van der Waals surface area contributed by atoms with E-state index in [2.05, 4.69) is 50.9 Å². The first-order valence-corrected chi connectivity index (χ1v) is 9.09. The van der Waals surface area contributed by atoms with Gasteiger partial charge in [-0.3, -0.25) is 0 Å². The molecule has 3 heteroatoms. The van der Waals surface area contributed by atoms with Crippen LogP contribution in [0.2, 0.25) is 0 Å². The monoisotopic (exact) mass is 378 g/mol. The van der Waals surface area contributed by atoms with Gasteiger partial charge in [-0.1, -0.05) is 35.7 Å². The number of alkyl halides is 1. The molecule has 0 spiro atoms. The van der Waals surface area contributed by atoms with Crippen molar-refractivity contribution in [3.05, 3.63) is 20.8 Å². The van der Waals surface area contributed by atoms with E-state index in [-0.39, 0.29) is 0 Å². The number of rotatable bonds is 4. The molecule has 17 heavy (non-hydrogen) atoms. The molecule has 0 N–H and O–H groups in total. The normalized spacial score (nSPS) is 29.5. The zero-order valence-electron chi connectivity index (χ0n) is 10.3. The Morgan fingerprint density at radius 2 is 2.18 bits per heavy atom.